The van der Waals surface area contributed by atoms with Crippen LogP contribution >= 0.6 is 0 Å². The van der Waals surface area contributed by atoms with E-state index in [9.17, 15) is 4.79 Å². The summed E-state index contributed by atoms with van der Waals surface area (Å²) >= 11 is 0. The van der Waals surface area contributed by atoms with Crippen molar-refractivity contribution in [1.82, 2.24) is 10.3 Å². The van der Waals surface area contributed by atoms with Crippen LogP contribution in [0.25, 0.3) is 0 Å². The standard InChI is InChI=1S/C8H8N6O/c1-5-3-2-4-6(9-5)7(15)10-8-11-13-14-12-8/h2-4,8H,1H3,(H,10,15). The van der Waals surface area contributed by atoms with Gasteiger partial charge in [0.1, 0.15) is 5.69 Å². The van der Waals surface area contributed by atoms with E-state index < -0.39 is 6.29 Å². The zero-order chi connectivity index (χ0) is 10.7. The van der Waals surface area contributed by atoms with E-state index in [1.807, 2.05) is 13.0 Å². The van der Waals surface area contributed by atoms with E-state index in [-0.39, 0.29) is 5.91 Å². The summed E-state index contributed by atoms with van der Waals surface area (Å²) in [6, 6.07) is 5.19. The van der Waals surface area contributed by atoms with Crippen molar-refractivity contribution in [2.45, 2.75) is 13.2 Å². The normalized spacial score (nSPS) is 14.5. The second kappa shape index (κ2) is 3.91. The number of aryl methyl sites for hydroxylation is 1. The van der Waals surface area contributed by atoms with Crippen molar-refractivity contribution in [2.24, 2.45) is 20.7 Å². The molecule has 1 N–H and O–H groups in total. The Balaban J connectivity index is 2.07. The SMILES string of the molecule is Cc1cccc(C(=O)NC2N=NN=N2)n1. The predicted molar refractivity (Wildman–Crippen MR) is 49.9 cm³/mol. The number of nitrogens with zero attached hydrogens (tertiary/aromatic N) is 5. The van der Waals surface area contributed by atoms with E-state index in [0.717, 1.165) is 5.69 Å². The first-order valence-electron chi connectivity index (χ1n) is 4.30. The van der Waals surface area contributed by atoms with Crippen molar-refractivity contribution in [3.63, 3.8) is 0 Å². The molecule has 1 aliphatic rings. The van der Waals surface area contributed by atoms with Crippen molar-refractivity contribution >= 4 is 5.91 Å². The second-order valence-electron chi connectivity index (χ2n) is 2.92. The van der Waals surface area contributed by atoms with Crippen molar-refractivity contribution in [3.05, 3.63) is 29.6 Å². The summed E-state index contributed by atoms with van der Waals surface area (Å²) in [6.07, 6.45) is -0.722. The van der Waals surface area contributed by atoms with Gasteiger partial charge in [-0.3, -0.25) is 4.79 Å². The van der Waals surface area contributed by atoms with Gasteiger partial charge >= 0.3 is 0 Å². The summed E-state index contributed by atoms with van der Waals surface area (Å²) in [6.45, 7) is 1.81. The highest BCUT2D eigenvalue weighted by Crippen LogP contribution is 2.03. The number of amides is 1. The lowest BCUT2D eigenvalue weighted by Crippen LogP contribution is -2.31. The van der Waals surface area contributed by atoms with Gasteiger partial charge in [-0.15, -0.1) is 10.2 Å². The highest BCUT2D eigenvalue weighted by Gasteiger charge is 2.15. The molecule has 0 unspecified atom stereocenters. The number of carbonyl (C=O) groups excluding carboxylic acids is 1. The van der Waals surface area contributed by atoms with E-state index in [1.54, 1.807) is 12.1 Å². The van der Waals surface area contributed by atoms with Gasteiger partial charge in [-0.1, -0.05) is 6.07 Å². The van der Waals surface area contributed by atoms with Gasteiger partial charge < -0.3 is 5.32 Å². The van der Waals surface area contributed by atoms with Crippen LogP contribution in [0.15, 0.2) is 38.9 Å². The lowest BCUT2D eigenvalue weighted by Gasteiger charge is -2.04. The van der Waals surface area contributed by atoms with Crippen LogP contribution in [0, 0.1) is 6.92 Å². The fourth-order valence-corrected chi connectivity index (χ4v) is 1.09. The molecule has 1 aliphatic heterocycles. The average molecular weight is 204 g/mol. The molecule has 1 aromatic rings. The third kappa shape index (κ3) is 2.19. The van der Waals surface area contributed by atoms with Gasteiger partial charge in [0.25, 0.3) is 12.2 Å². The number of rotatable bonds is 2. The van der Waals surface area contributed by atoms with Gasteiger partial charge in [-0.25, -0.2) is 4.98 Å². The van der Waals surface area contributed by atoms with Crippen LogP contribution in [0.1, 0.15) is 16.2 Å². The second-order valence-corrected chi connectivity index (χ2v) is 2.92. The van der Waals surface area contributed by atoms with Crippen molar-refractivity contribution < 1.29 is 4.79 Å². The monoisotopic (exact) mass is 204 g/mol. The minimum absolute atomic E-state index is 0.326. The van der Waals surface area contributed by atoms with E-state index in [1.165, 1.54) is 0 Å². The lowest BCUT2D eigenvalue weighted by molar-refractivity contribution is 0.0934. The molecule has 15 heavy (non-hydrogen) atoms. The quantitative estimate of drug-likeness (QED) is 0.784. The average Bonchev–Trinajstić information content (AvgIpc) is 2.70. The Morgan fingerprint density at radius 3 is 2.73 bits per heavy atom. The van der Waals surface area contributed by atoms with Crippen LogP contribution < -0.4 is 5.32 Å². The van der Waals surface area contributed by atoms with Crippen molar-refractivity contribution in [1.29, 1.82) is 0 Å². The molecular formula is C8H8N6O. The van der Waals surface area contributed by atoms with Crippen LogP contribution in [-0.2, 0) is 0 Å². The first-order chi connectivity index (χ1) is 7.25. The van der Waals surface area contributed by atoms with Crippen LogP contribution in [0.5, 0.6) is 0 Å². The molecule has 0 spiro atoms. The summed E-state index contributed by atoms with van der Waals surface area (Å²) in [5.41, 5.74) is 1.10. The summed E-state index contributed by atoms with van der Waals surface area (Å²) in [5, 5.41) is 16.2. The fourth-order valence-electron chi connectivity index (χ4n) is 1.09. The zero-order valence-electron chi connectivity index (χ0n) is 7.95. The van der Waals surface area contributed by atoms with Crippen molar-refractivity contribution in [3.8, 4) is 0 Å². The molecule has 1 aromatic heterocycles. The highest BCUT2D eigenvalue weighted by molar-refractivity contribution is 5.92. The van der Waals surface area contributed by atoms with E-state index >= 15 is 0 Å². The Morgan fingerprint density at radius 1 is 1.33 bits per heavy atom. The maximum Gasteiger partial charge on any atom is 0.273 e. The van der Waals surface area contributed by atoms with E-state index in [4.69, 9.17) is 0 Å². The largest absolute Gasteiger partial charge is 0.308 e. The molecule has 0 fully saturated rings. The Bertz CT molecular complexity index is 429. The third-order valence-electron chi connectivity index (χ3n) is 1.74. The van der Waals surface area contributed by atoms with Crippen LogP contribution in [0.4, 0.5) is 0 Å². The van der Waals surface area contributed by atoms with Gasteiger partial charge in [0, 0.05) is 5.69 Å². The molecule has 2 rings (SSSR count). The fraction of sp³-hybridized carbons (Fsp3) is 0.250. The zero-order valence-corrected chi connectivity index (χ0v) is 7.95. The number of carbonyl (C=O) groups is 1. The number of pyridine rings is 1. The molecule has 0 atom stereocenters. The maximum absolute atomic E-state index is 11.6. The van der Waals surface area contributed by atoms with Crippen LogP contribution in [0.2, 0.25) is 0 Å². The topological polar surface area (TPSA) is 91.4 Å². The van der Waals surface area contributed by atoms with Crippen LogP contribution in [-0.4, -0.2) is 17.2 Å². The Morgan fingerprint density at radius 2 is 2.07 bits per heavy atom. The molecular weight excluding hydrogens is 196 g/mol. The third-order valence-corrected chi connectivity index (χ3v) is 1.74. The highest BCUT2D eigenvalue weighted by atomic mass is 16.2. The smallest absolute Gasteiger partial charge is 0.273 e. The Kier molecular flexibility index (Phi) is 2.44. The molecule has 1 amide bonds. The number of aromatic nitrogens is 1. The van der Waals surface area contributed by atoms with Gasteiger partial charge in [-0.05, 0) is 29.5 Å². The summed E-state index contributed by atoms with van der Waals surface area (Å²) in [5.74, 6) is -0.344. The minimum atomic E-state index is -0.722. The molecule has 2 heterocycles. The molecule has 7 heteroatoms. The number of hydrogen-bond acceptors (Lipinski definition) is 6. The molecule has 7 nitrogen and oxygen atoms in total. The molecule has 0 aromatic carbocycles. The van der Waals surface area contributed by atoms with Crippen LogP contribution in [0.3, 0.4) is 0 Å². The van der Waals surface area contributed by atoms with E-state index in [2.05, 4.69) is 31.0 Å². The lowest BCUT2D eigenvalue weighted by atomic mass is 10.3. The molecule has 0 saturated carbocycles. The molecule has 0 saturated heterocycles. The van der Waals surface area contributed by atoms with E-state index in [0.29, 0.717) is 5.69 Å². The first kappa shape index (κ1) is 9.38. The number of nitrogens with one attached hydrogen (secondary N) is 1. The molecule has 0 radical (unpaired) electrons. The summed E-state index contributed by atoms with van der Waals surface area (Å²) in [4.78, 5) is 15.6. The molecule has 0 bridgehead atoms. The molecule has 76 valence electrons. The minimum Gasteiger partial charge on any atom is -0.308 e. The van der Waals surface area contributed by atoms with Gasteiger partial charge in [0.2, 0.25) is 0 Å². The maximum atomic E-state index is 11.6. The predicted octanol–water partition coefficient (Wildman–Crippen LogP) is 1.24. The first-order valence-corrected chi connectivity index (χ1v) is 4.30. The van der Waals surface area contributed by atoms with Gasteiger partial charge in [-0.2, -0.15) is 0 Å². The van der Waals surface area contributed by atoms with Crippen molar-refractivity contribution in [2.75, 3.05) is 0 Å². The van der Waals surface area contributed by atoms with Gasteiger partial charge in [0.15, 0.2) is 0 Å². The summed E-state index contributed by atoms with van der Waals surface area (Å²) < 4.78 is 0. The Labute approximate surface area is 85.3 Å². The Hall–Kier alpha value is -2.18. The summed E-state index contributed by atoms with van der Waals surface area (Å²) in [7, 11) is 0. The van der Waals surface area contributed by atoms with Gasteiger partial charge in [0.05, 0.1) is 0 Å². The molecule has 0 aliphatic carbocycles. The number of hydrogen-bond donors (Lipinski definition) is 1.